The average Bonchev–Trinajstić information content (AvgIpc) is 2.78. The fourth-order valence-electron chi connectivity index (χ4n) is 2.97. The van der Waals surface area contributed by atoms with Gasteiger partial charge in [0.15, 0.2) is 0 Å². The minimum atomic E-state index is -4.59. The molecule has 0 radical (unpaired) electrons. The minimum Gasteiger partial charge on any atom is -0.494 e. The van der Waals surface area contributed by atoms with Crippen molar-refractivity contribution >= 4 is 27.3 Å². The first-order valence-corrected chi connectivity index (χ1v) is 11.8. The Labute approximate surface area is 195 Å². The van der Waals surface area contributed by atoms with Gasteiger partial charge in [-0.3, -0.25) is 9.52 Å². The van der Waals surface area contributed by atoms with Crippen molar-refractivity contribution in [3.63, 3.8) is 0 Å². The third-order valence-electron chi connectivity index (χ3n) is 4.73. The Hall–Kier alpha value is -3.53. The van der Waals surface area contributed by atoms with Crippen LogP contribution >= 0.6 is 0 Å². The van der Waals surface area contributed by atoms with E-state index in [4.69, 9.17) is 4.74 Å². The summed E-state index contributed by atoms with van der Waals surface area (Å²) in [6.07, 6.45) is -3.88. The molecule has 0 atom stereocenters. The molecular formula is C24H23F3N2O4S. The van der Waals surface area contributed by atoms with Crippen molar-refractivity contribution in [1.82, 2.24) is 0 Å². The summed E-state index contributed by atoms with van der Waals surface area (Å²) >= 11 is 0. The Morgan fingerprint density at radius 3 is 2.26 bits per heavy atom. The van der Waals surface area contributed by atoms with Crippen LogP contribution in [0.4, 0.5) is 24.5 Å². The lowest BCUT2D eigenvalue weighted by Crippen LogP contribution is -2.15. The average molecular weight is 493 g/mol. The van der Waals surface area contributed by atoms with Crippen molar-refractivity contribution < 1.29 is 31.1 Å². The Kier molecular flexibility index (Phi) is 7.83. The SMILES string of the molecule is Cc1ccc(OCCCC(=O)Nc2ccc(S(=O)(=O)Nc3cccc(C(F)(F)F)c3)cc2)cc1. The number of rotatable bonds is 9. The van der Waals surface area contributed by atoms with Crippen molar-refractivity contribution in [2.45, 2.75) is 30.8 Å². The molecule has 3 aromatic carbocycles. The second-order valence-corrected chi connectivity index (χ2v) is 9.20. The Morgan fingerprint density at radius 1 is 0.941 bits per heavy atom. The molecule has 3 rings (SSSR count). The fraction of sp³-hybridized carbons (Fsp3) is 0.208. The zero-order chi connectivity index (χ0) is 24.8. The lowest BCUT2D eigenvalue weighted by molar-refractivity contribution is -0.137. The first-order valence-electron chi connectivity index (χ1n) is 10.3. The molecule has 0 saturated carbocycles. The number of hydrogen-bond acceptors (Lipinski definition) is 4. The van der Waals surface area contributed by atoms with E-state index in [-0.39, 0.29) is 22.9 Å². The van der Waals surface area contributed by atoms with Gasteiger partial charge in [0.2, 0.25) is 5.91 Å². The van der Waals surface area contributed by atoms with Gasteiger partial charge in [0.05, 0.1) is 17.1 Å². The molecule has 0 bridgehead atoms. The highest BCUT2D eigenvalue weighted by Gasteiger charge is 2.30. The van der Waals surface area contributed by atoms with Gasteiger partial charge in [-0.2, -0.15) is 13.2 Å². The van der Waals surface area contributed by atoms with Crippen LogP contribution in [-0.4, -0.2) is 20.9 Å². The van der Waals surface area contributed by atoms with E-state index in [0.717, 1.165) is 23.4 Å². The third-order valence-corrected chi connectivity index (χ3v) is 6.13. The van der Waals surface area contributed by atoms with Crippen LogP contribution in [-0.2, 0) is 21.0 Å². The highest BCUT2D eigenvalue weighted by Crippen LogP contribution is 2.31. The first kappa shape index (κ1) is 25.1. The van der Waals surface area contributed by atoms with E-state index in [0.29, 0.717) is 24.8 Å². The molecule has 10 heteroatoms. The summed E-state index contributed by atoms with van der Waals surface area (Å²) in [6.45, 7) is 2.35. The van der Waals surface area contributed by atoms with Crippen LogP contribution in [0.25, 0.3) is 0 Å². The molecule has 0 heterocycles. The van der Waals surface area contributed by atoms with Gasteiger partial charge in [0, 0.05) is 17.8 Å². The van der Waals surface area contributed by atoms with Crippen LogP contribution < -0.4 is 14.8 Å². The Bertz CT molecular complexity index is 1230. The molecule has 34 heavy (non-hydrogen) atoms. The zero-order valence-corrected chi connectivity index (χ0v) is 19.0. The van der Waals surface area contributed by atoms with E-state index in [9.17, 15) is 26.4 Å². The second-order valence-electron chi connectivity index (χ2n) is 7.52. The number of amides is 1. The van der Waals surface area contributed by atoms with E-state index in [1.807, 2.05) is 31.2 Å². The zero-order valence-electron chi connectivity index (χ0n) is 18.2. The van der Waals surface area contributed by atoms with Crippen molar-refractivity contribution in [1.29, 1.82) is 0 Å². The lowest BCUT2D eigenvalue weighted by Gasteiger charge is -2.12. The number of anilines is 2. The van der Waals surface area contributed by atoms with Crippen LogP contribution in [0.5, 0.6) is 5.75 Å². The van der Waals surface area contributed by atoms with Crippen molar-refractivity contribution in [2.75, 3.05) is 16.6 Å². The first-order chi connectivity index (χ1) is 16.0. The summed E-state index contributed by atoms with van der Waals surface area (Å²) < 4.78 is 71.3. The summed E-state index contributed by atoms with van der Waals surface area (Å²) in [5.41, 5.74) is 0.342. The summed E-state index contributed by atoms with van der Waals surface area (Å²) in [6, 6.07) is 16.8. The molecule has 0 aliphatic rings. The highest BCUT2D eigenvalue weighted by molar-refractivity contribution is 7.92. The van der Waals surface area contributed by atoms with E-state index in [1.165, 1.54) is 30.3 Å². The van der Waals surface area contributed by atoms with Gasteiger partial charge in [-0.15, -0.1) is 0 Å². The van der Waals surface area contributed by atoms with Gasteiger partial charge >= 0.3 is 6.18 Å². The maximum Gasteiger partial charge on any atom is 0.416 e. The molecule has 0 spiro atoms. The van der Waals surface area contributed by atoms with Crippen LogP contribution in [0.2, 0.25) is 0 Å². The molecule has 0 aliphatic heterocycles. The lowest BCUT2D eigenvalue weighted by atomic mass is 10.2. The van der Waals surface area contributed by atoms with Gasteiger partial charge in [-0.1, -0.05) is 23.8 Å². The van der Waals surface area contributed by atoms with Crippen LogP contribution in [0.3, 0.4) is 0 Å². The van der Waals surface area contributed by atoms with Crippen molar-refractivity contribution in [3.8, 4) is 5.75 Å². The topological polar surface area (TPSA) is 84.5 Å². The molecule has 2 N–H and O–H groups in total. The predicted molar refractivity (Wildman–Crippen MR) is 123 cm³/mol. The normalized spacial score (nSPS) is 11.6. The summed E-state index contributed by atoms with van der Waals surface area (Å²) in [7, 11) is -4.11. The van der Waals surface area contributed by atoms with Crippen molar-refractivity contribution in [2.24, 2.45) is 0 Å². The number of aryl methyl sites for hydroxylation is 1. The molecule has 1 amide bonds. The Morgan fingerprint density at radius 2 is 1.62 bits per heavy atom. The molecule has 180 valence electrons. The molecule has 0 fully saturated rings. The standard InChI is InChI=1S/C24H23F3N2O4S/c1-17-7-11-21(12-8-17)33-15-3-6-23(30)28-19-9-13-22(14-10-19)34(31,32)29-20-5-2-4-18(16-20)24(25,26)27/h2,4-5,7-14,16,29H,3,6,15H2,1H3,(H,28,30). The second kappa shape index (κ2) is 10.6. The molecule has 6 nitrogen and oxygen atoms in total. The van der Waals surface area contributed by atoms with Gasteiger partial charge in [0.1, 0.15) is 5.75 Å². The van der Waals surface area contributed by atoms with Gasteiger partial charge in [-0.25, -0.2) is 8.42 Å². The van der Waals surface area contributed by atoms with Crippen molar-refractivity contribution in [3.05, 3.63) is 83.9 Å². The minimum absolute atomic E-state index is 0.158. The summed E-state index contributed by atoms with van der Waals surface area (Å²) in [5, 5.41) is 2.67. The molecule has 0 saturated heterocycles. The van der Waals surface area contributed by atoms with Gasteiger partial charge in [-0.05, 0) is 67.9 Å². The number of halogens is 3. The number of carbonyl (C=O) groups excluding carboxylic acids is 1. The quantitative estimate of drug-likeness (QED) is 0.380. The van der Waals surface area contributed by atoms with E-state index in [2.05, 4.69) is 10.0 Å². The number of ether oxygens (including phenoxy) is 1. The summed E-state index contributed by atoms with van der Waals surface area (Å²) in [5.74, 6) is 0.465. The number of hydrogen-bond donors (Lipinski definition) is 2. The number of nitrogens with one attached hydrogen (secondary N) is 2. The third kappa shape index (κ3) is 7.24. The van der Waals surface area contributed by atoms with Gasteiger partial charge < -0.3 is 10.1 Å². The molecular weight excluding hydrogens is 469 g/mol. The van der Waals surface area contributed by atoms with E-state index < -0.39 is 21.8 Å². The van der Waals surface area contributed by atoms with Crippen LogP contribution in [0, 0.1) is 6.92 Å². The number of sulfonamides is 1. The van der Waals surface area contributed by atoms with E-state index >= 15 is 0 Å². The smallest absolute Gasteiger partial charge is 0.416 e. The van der Waals surface area contributed by atoms with E-state index in [1.54, 1.807) is 0 Å². The molecule has 0 aromatic heterocycles. The fourth-order valence-corrected chi connectivity index (χ4v) is 4.02. The maximum atomic E-state index is 12.8. The largest absolute Gasteiger partial charge is 0.494 e. The highest BCUT2D eigenvalue weighted by atomic mass is 32.2. The Balaban J connectivity index is 1.51. The van der Waals surface area contributed by atoms with Crippen LogP contribution in [0.15, 0.2) is 77.7 Å². The van der Waals surface area contributed by atoms with Crippen LogP contribution in [0.1, 0.15) is 24.0 Å². The summed E-state index contributed by atoms with van der Waals surface area (Å²) in [4.78, 5) is 12.0. The maximum absolute atomic E-state index is 12.8. The number of alkyl halides is 3. The monoisotopic (exact) mass is 492 g/mol. The predicted octanol–water partition coefficient (Wildman–Crippen LogP) is 5.61. The number of benzene rings is 3. The molecule has 3 aromatic rings. The molecule has 0 aliphatic carbocycles. The molecule has 0 unspecified atom stereocenters. The number of carbonyl (C=O) groups is 1. The van der Waals surface area contributed by atoms with Gasteiger partial charge in [0.25, 0.3) is 10.0 Å².